The fraction of sp³-hybridized carbons (Fsp3) is 0.538. The van der Waals surface area contributed by atoms with Crippen LogP contribution in [0.25, 0.3) is 0 Å². The number of aliphatic hydroxyl groups excluding tert-OH is 2. The molecular weight excluding hydrogens is 238 g/mol. The van der Waals surface area contributed by atoms with Crippen molar-refractivity contribution in [3.8, 4) is 0 Å². The van der Waals surface area contributed by atoms with Crippen molar-refractivity contribution >= 4 is 17.3 Å². The van der Waals surface area contributed by atoms with E-state index in [2.05, 4.69) is 5.32 Å². The topological polar surface area (TPSA) is 52.5 Å². The number of nitrogens with one attached hydrogen (secondary N) is 1. The first-order valence-corrected chi connectivity index (χ1v) is 6.22. The van der Waals surface area contributed by atoms with Crippen LogP contribution in [0.5, 0.6) is 0 Å². The molecule has 0 saturated heterocycles. The van der Waals surface area contributed by atoms with Crippen molar-refractivity contribution in [3.63, 3.8) is 0 Å². The van der Waals surface area contributed by atoms with Gasteiger partial charge in [-0.15, -0.1) is 11.6 Å². The molecule has 0 aliphatic rings. The lowest BCUT2D eigenvalue weighted by molar-refractivity contribution is 0.211. The molecule has 4 heteroatoms. The summed E-state index contributed by atoms with van der Waals surface area (Å²) in [5, 5.41) is 21.7. The molecule has 3 N–H and O–H groups in total. The molecule has 0 aromatic heterocycles. The van der Waals surface area contributed by atoms with Gasteiger partial charge in [0.25, 0.3) is 0 Å². The van der Waals surface area contributed by atoms with Gasteiger partial charge in [0.05, 0.1) is 18.6 Å². The van der Waals surface area contributed by atoms with E-state index in [4.69, 9.17) is 11.6 Å². The summed E-state index contributed by atoms with van der Waals surface area (Å²) in [7, 11) is 0. The third-order valence-corrected chi connectivity index (χ3v) is 3.14. The highest BCUT2D eigenvalue weighted by Gasteiger charge is 2.18. The molecule has 0 aliphatic carbocycles. The van der Waals surface area contributed by atoms with Crippen LogP contribution in [0.3, 0.4) is 0 Å². The molecule has 17 heavy (non-hydrogen) atoms. The van der Waals surface area contributed by atoms with E-state index >= 15 is 0 Å². The van der Waals surface area contributed by atoms with Gasteiger partial charge in [-0.3, -0.25) is 0 Å². The lowest BCUT2D eigenvalue weighted by atomic mass is 9.85. The van der Waals surface area contributed by atoms with Crippen molar-refractivity contribution in [2.24, 2.45) is 0 Å². The van der Waals surface area contributed by atoms with Crippen LogP contribution in [0.1, 0.15) is 19.4 Å². The van der Waals surface area contributed by atoms with E-state index in [0.29, 0.717) is 6.54 Å². The Morgan fingerprint density at radius 3 is 2.35 bits per heavy atom. The van der Waals surface area contributed by atoms with E-state index in [1.54, 1.807) is 0 Å². The van der Waals surface area contributed by atoms with Crippen molar-refractivity contribution < 1.29 is 10.2 Å². The van der Waals surface area contributed by atoms with Gasteiger partial charge in [0.2, 0.25) is 0 Å². The fourth-order valence-corrected chi connectivity index (χ4v) is 1.53. The molecule has 96 valence electrons. The molecule has 0 fully saturated rings. The molecule has 0 amide bonds. The summed E-state index contributed by atoms with van der Waals surface area (Å²) in [4.78, 5) is 0. The second-order valence-corrected chi connectivity index (χ2v) is 5.12. The molecule has 0 saturated carbocycles. The van der Waals surface area contributed by atoms with Crippen LogP contribution in [0, 0.1) is 0 Å². The Morgan fingerprint density at radius 2 is 1.88 bits per heavy atom. The Hall–Kier alpha value is -0.770. The Balaban J connectivity index is 2.62. The zero-order valence-corrected chi connectivity index (χ0v) is 11.0. The van der Waals surface area contributed by atoms with E-state index in [1.807, 2.05) is 38.1 Å². The number of aliphatic hydroxyl groups is 2. The first-order valence-electron chi connectivity index (χ1n) is 5.69. The van der Waals surface area contributed by atoms with E-state index < -0.39 is 6.10 Å². The van der Waals surface area contributed by atoms with Crippen LogP contribution < -0.4 is 5.32 Å². The molecule has 1 aromatic carbocycles. The number of benzene rings is 1. The Labute approximate surface area is 107 Å². The van der Waals surface area contributed by atoms with Gasteiger partial charge in [0, 0.05) is 17.6 Å². The summed E-state index contributed by atoms with van der Waals surface area (Å²) in [5.74, 6) is 0.225. The number of alkyl halides is 1. The smallest absolute Gasteiger partial charge is 0.0847 e. The average Bonchev–Trinajstić information content (AvgIpc) is 2.36. The monoisotopic (exact) mass is 257 g/mol. The van der Waals surface area contributed by atoms with E-state index in [-0.39, 0.29) is 17.9 Å². The molecule has 1 atom stereocenters. The maximum Gasteiger partial charge on any atom is 0.0847 e. The third kappa shape index (κ3) is 4.19. The highest BCUT2D eigenvalue weighted by molar-refractivity contribution is 6.18. The second-order valence-electron chi connectivity index (χ2n) is 4.81. The molecule has 0 heterocycles. The standard InChI is InChI=1S/C13H20ClNO2/c1-13(2,9-16)10-3-5-11(6-4-10)15-8-12(17)7-14/h3-6,12,15-17H,7-9H2,1-2H3. The molecule has 0 radical (unpaired) electrons. The van der Waals surface area contributed by atoms with Crippen LogP contribution >= 0.6 is 11.6 Å². The van der Waals surface area contributed by atoms with E-state index in [1.165, 1.54) is 0 Å². The minimum absolute atomic E-state index is 0.116. The Morgan fingerprint density at radius 1 is 1.29 bits per heavy atom. The molecule has 0 bridgehead atoms. The predicted molar refractivity (Wildman–Crippen MR) is 71.8 cm³/mol. The lowest BCUT2D eigenvalue weighted by Gasteiger charge is -2.22. The summed E-state index contributed by atoms with van der Waals surface area (Å²) in [6.07, 6.45) is -0.537. The van der Waals surface area contributed by atoms with Crippen molar-refractivity contribution in [2.45, 2.75) is 25.4 Å². The minimum Gasteiger partial charge on any atom is -0.395 e. The highest BCUT2D eigenvalue weighted by Crippen LogP contribution is 2.23. The number of hydrogen-bond donors (Lipinski definition) is 3. The quantitative estimate of drug-likeness (QED) is 0.683. The van der Waals surface area contributed by atoms with Crippen LogP contribution in [-0.2, 0) is 5.41 Å². The van der Waals surface area contributed by atoms with Gasteiger partial charge < -0.3 is 15.5 Å². The SMILES string of the molecule is CC(C)(CO)c1ccc(NCC(O)CCl)cc1. The first kappa shape index (κ1) is 14.3. The van der Waals surface area contributed by atoms with Crippen LogP contribution in [0.2, 0.25) is 0 Å². The summed E-state index contributed by atoms with van der Waals surface area (Å²) in [5.41, 5.74) is 1.80. The maximum absolute atomic E-state index is 9.31. The van der Waals surface area contributed by atoms with E-state index in [0.717, 1.165) is 11.3 Å². The maximum atomic E-state index is 9.31. The predicted octanol–water partition coefficient (Wildman–Crippen LogP) is 1.97. The number of rotatable bonds is 6. The van der Waals surface area contributed by atoms with Gasteiger partial charge in [0.15, 0.2) is 0 Å². The van der Waals surface area contributed by atoms with Gasteiger partial charge in [-0.05, 0) is 17.7 Å². The van der Waals surface area contributed by atoms with Crippen molar-refractivity contribution in [3.05, 3.63) is 29.8 Å². The molecule has 0 spiro atoms. The van der Waals surface area contributed by atoms with Crippen LogP contribution in [0.4, 0.5) is 5.69 Å². The number of halogens is 1. The van der Waals surface area contributed by atoms with Crippen LogP contribution in [-0.4, -0.2) is 35.3 Å². The highest BCUT2D eigenvalue weighted by atomic mass is 35.5. The molecule has 1 unspecified atom stereocenters. The molecule has 1 aromatic rings. The number of hydrogen-bond acceptors (Lipinski definition) is 3. The second kappa shape index (κ2) is 6.24. The average molecular weight is 258 g/mol. The van der Waals surface area contributed by atoms with Gasteiger partial charge in [-0.2, -0.15) is 0 Å². The first-order chi connectivity index (χ1) is 7.99. The van der Waals surface area contributed by atoms with Gasteiger partial charge in [-0.25, -0.2) is 0 Å². The number of anilines is 1. The fourth-order valence-electron chi connectivity index (χ4n) is 1.42. The van der Waals surface area contributed by atoms with Crippen LogP contribution in [0.15, 0.2) is 24.3 Å². The molecule has 0 aliphatic heterocycles. The largest absolute Gasteiger partial charge is 0.395 e. The Kier molecular flexibility index (Phi) is 5.25. The Bertz CT molecular complexity index is 338. The summed E-state index contributed by atoms with van der Waals surface area (Å²) in [6.45, 7) is 4.54. The summed E-state index contributed by atoms with van der Waals surface area (Å²) < 4.78 is 0. The summed E-state index contributed by atoms with van der Waals surface area (Å²) in [6, 6.07) is 7.83. The molecule has 1 rings (SSSR count). The molecular formula is C13H20ClNO2. The van der Waals surface area contributed by atoms with E-state index in [9.17, 15) is 10.2 Å². The zero-order valence-electron chi connectivity index (χ0n) is 10.3. The minimum atomic E-state index is -0.537. The van der Waals surface area contributed by atoms with Crippen molar-refractivity contribution in [1.82, 2.24) is 0 Å². The molecule has 3 nitrogen and oxygen atoms in total. The summed E-state index contributed by atoms with van der Waals surface area (Å²) >= 11 is 5.50. The van der Waals surface area contributed by atoms with Crippen molar-refractivity contribution in [2.75, 3.05) is 24.3 Å². The third-order valence-electron chi connectivity index (χ3n) is 2.78. The van der Waals surface area contributed by atoms with Gasteiger partial charge in [0.1, 0.15) is 0 Å². The van der Waals surface area contributed by atoms with Gasteiger partial charge in [-0.1, -0.05) is 26.0 Å². The van der Waals surface area contributed by atoms with Gasteiger partial charge >= 0.3 is 0 Å². The normalized spacial score (nSPS) is 13.5. The van der Waals surface area contributed by atoms with Crippen molar-refractivity contribution in [1.29, 1.82) is 0 Å². The zero-order chi connectivity index (χ0) is 12.9. The lowest BCUT2D eigenvalue weighted by Crippen LogP contribution is -2.22.